The average Bonchev–Trinajstić information content (AvgIpc) is 3.27. The molecule has 0 saturated heterocycles. The highest BCUT2D eigenvalue weighted by molar-refractivity contribution is 7.21. The second-order valence-electron chi connectivity index (χ2n) is 8.69. The summed E-state index contributed by atoms with van der Waals surface area (Å²) in [6.07, 6.45) is 5.34. The zero-order chi connectivity index (χ0) is 24.8. The van der Waals surface area contributed by atoms with E-state index < -0.39 is 0 Å². The van der Waals surface area contributed by atoms with Crippen LogP contribution in [-0.2, 0) is 17.6 Å². The lowest BCUT2D eigenvalue weighted by Gasteiger charge is -2.08. The molecule has 0 aliphatic rings. The van der Waals surface area contributed by atoms with Crippen LogP contribution in [0.25, 0.3) is 20.8 Å². The second-order valence-corrected chi connectivity index (χ2v) is 9.72. The molecule has 180 valence electrons. The summed E-state index contributed by atoms with van der Waals surface area (Å²) in [5.41, 5.74) is 8.08. The fourth-order valence-electron chi connectivity index (χ4n) is 4.22. The predicted molar refractivity (Wildman–Crippen MR) is 147 cm³/mol. The fraction of sp³-hybridized carbons (Fsp3) is 0.276. The van der Waals surface area contributed by atoms with Crippen molar-refractivity contribution >= 4 is 45.9 Å². The van der Waals surface area contributed by atoms with Crippen LogP contribution in [0.5, 0.6) is 0 Å². The van der Waals surface area contributed by atoms with Crippen LogP contribution in [0.4, 0.5) is 15.8 Å². The molecule has 0 aliphatic carbocycles. The summed E-state index contributed by atoms with van der Waals surface area (Å²) in [4.78, 5) is 13.9. The van der Waals surface area contributed by atoms with Crippen molar-refractivity contribution in [2.45, 2.75) is 39.5 Å². The number of thiazole rings is 1. The van der Waals surface area contributed by atoms with Crippen molar-refractivity contribution in [1.29, 1.82) is 0 Å². The molecule has 0 N–H and O–H groups in total. The first kappa shape index (κ1) is 24.9. The van der Waals surface area contributed by atoms with Gasteiger partial charge in [0.2, 0.25) is 0 Å². The first-order valence-electron chi connectivity index (χ1n) is 11.8. The Labute approximate surface area is 210 Å². The second kappa shape index (κ2) is 11.5. The minimum absolute atomic E-state index is 0.176. The molecule has 6 heteroatoms. The molecule has 0 atom stereocenters. The molecule has 4 rings (SSSR count). The Morgan fingerprint density at radius 3 is 2.69 bits per heavy atom. The number of hydrogen-bond donors (Lipinski definition) is 0. The Bertz CT molecular complexity index is 1380. The highest BCUT2D eigenvalue weighted by atomic mass is 32.1. The number of aryl methyl sites for hydroxylation is 4. The molecule has 0 fully saturated rings. The van der Waals surface area contributed by atoms with Gasteiger partial charge < -0.3 is 4.74 Å². The third kappa shape index (κ3) is 6.08. The standard InChI is InChI=1S/C29H30FN3OS/c1-19-14-24(28(25(15-19)31-3)32-12-7-13-34-4)29-33-27-20(2)16-22(18-26(27)35-29)10-5-8-21-9-6-11-23(30)17-21/h6,9,11-12,14-18H,3,5,7-8,10,13H2,1-2,4H3/b32-12-. The predicted octanol–water partition coefficient (Wildman–Crippen LogP) is 7.97. The lowest BCUT2D eigenvalue weighted by molar-refractivity contribution is 0.208. The van der Waals surface area contributed by atoms with Crippen molar-refractivity contribution < 1.29 is 9.13 Å². The number of benzene rings is 3. The Balaban J connectivity index is 1.63. The first-order valence-corrected chi connectivity index (χ1v) is 12.6. The summed E-state index contributed by atoms with van der Waals surface area (Å²) in [5, 5.41) is 0.924. The van der Waals surface area contributed by atoms with Gasteiger partial charge in [0.05, 0.1) is 28.2 Å². The summed E-state index contributed by atoms with van der Waals surface area (Å²) in [6.45, 7) is 8.52. The monoisotopic (exact) mass is 487 g/mol. The molecular formula is C29H30FN3OS. The molecule has 0 spiro atoms. The van der Waals surface area contributed by atoms with E-state index in [1.807, 2.05) is 25.3 Å². The molecule has 0 saturated carbocycles. The Hall–Kier alpha value is -3.22. The molecule has 3 aromatic carbocycles. The summed E-state index contributed by atoms with van der Waals surface area (Å²) < 4.78 is 19.8. The zero-order valence-corrected chi connectivity index (χ0v) is 21.3. The summed E-state index contributed by atoms with van der Waals surface area (Å²) in [6, 6.07) is 15.4. The van der Waals surface area contributed by atoms with Crippen LogP contribution in [0.15, 0.2) is 58.5 Å². The van der Waals surface area contributed by atoms with Gasteiger partial charge in [-0.2, -0.15) is 0 Å². The average molecular weight is 488 g/mol. The van der Waals surface area contributed by atoms with Gasteiger partial charge in [-0.25, -0.2) is 9.37 Å². The van der Waals surface area contributed by atoms with Crippen molar-refractivity contribution in [2.75, 3.05) is 13.7 Å². The van der Waals surface area contributed by atoms with Crippen LogP contribution < -0.4 is 0 Å². The number of fused-ring (bicyclic) bond motifs is 1. The summed E-state index contributed by atoms with van der Waals surface area (Å²) in [5.74, 6) is -0.176. The van der Waals surface area contributed by atoms with E-state index in [-0.39, 0.29) is 5.82 Å². The number of ether oxygens (including phenoxy) is 1. The maximum atomic E-state index is 13.5. The minimum atomic E-state index is -0.176. The van der Waals surface area contributed by atoms with Gasteiger partial charge >= 0.3 is 0 Å². The lowest BCUT2D eigenvalue weighted by Crippen LogP contribution is -1.92. The van der Waals surface area contributed by atoms with Crippen LogP contribution in [0, 0.1) is 19.7 Å². The molecule has 4 aromatic rings. The Morgan fingerprint density at radius 1 is 1.09 bits per heavy atom. The molecule has 1 aromatic heterocycles. The number of aliphatic imine (C=N–C) groups is 2. The molecule has 0 radical (unpaired) electrons. The van der Waals surface area contributed by atoms with Crippen molar-refractivity contribution in [3.05, 3.63) is 76.6 Å². The van der Waals surface area contributed by atoms with E-state index in [9.17, 15) is 4.39 Å². The Kier molecular flexibility index (Phi) is 8.16. The SMILES string of the molecule is C=Nc1cc(C)cc(-c2nc3c(C)cc(CCCc4cccc(F)c4)cc3s2)c1/N=C\CCOC. The smallest absolute Gasteiger partial charge is 0.126 e. The third-order valence-electron chi connectivity index (χ3n) is 5.87. The van der Waals surface area contributed by atoms with E-state index in [2.05, 4.69) is 36.8 Å². The van der Waals surface area contributed by atoms with Crippen LogP contribution in [0.1, 0.15) is 35.1 Å². The van der Waals surface area contributed by atoms with E-state index in [0.29, 0.717) is 6.61 Å². The van der Waals surface area contributed by atoms with E-state index in [1.54, 1.807) is 30.6 Å². The number of rotatable bonds is 10. The minimum Gasteiger partial charge on any atom is -0.384 e. The van der Waals surface area contributed by atoms with Gasteiger partial charge in [0.25, 0.3) is 0 Å². The van der Waals surface area contributed by atoms with E-state index >= 15 is 0 Å². The lowest BCUT2D eigenvalue weighted by atomic mass is 10.0. The molecule has 35 heavy (non-hydrogen) atoms. The highest BCUT2D eigenvalue weighted by Crippen LogP contribution is 2.42. The molecular weight excluding hydrogens is 457 g/mol. The number of aromatic nitrogens is 1. The van der Waals surface area contributed by atoms with E-state index in [1.165, 1.54) is 11.6 Å². The topological polar surface area (TPSA) is 46.8 Å². The number of halogens is 1. The number of hydrogen-bond acceptors (Lipinski definition) is 5. The summed E-state index contributed by atoms with van der Waals surface area (Å²) >= 11 is 1.67. The van der Waals surface area contributed by atoms with Gasteiger partial charge in [0, 0.05) is 25.3 Å². The molecule has 4 nitrogen and oxygen atoms in total. The largest absolute Gasteiger partial charge is 0.384 e. The third-order valence-corrected chi connectivity index (χ3v) is 6.91. The molecule has 1 heterocycles. The first-order chi connectivity index (χ1) is 17.0. The molecule has 0 bridgehead atoms. The fourth-order valence-corrected chi connectivity index (χ4v) is 5.35. The molecule has 0 amide bonds. The van der Waals surface area contributed by atoms with Crippen LogP contribution in [0.2, 0.25) is 0 Å². The van der Waals surface area contributed by atoms with Crippen molar-refractivity contribution in [2.24, 2.45) is 9.98 Å². The quantitative estimate of drug-likeness (QED) is 0.168. The maximum absolute atomic E-state index is 13.5. The van der Waals surface area contributed by atoms with Gasteiger partial charge in [-0.3, -0.25) is 9.98 Å². The van der Waals surface area contributed by atoms with E-state index in [4.69, 9.17) is 14.7 Å². The zero-order valence-electron chi connectivity index (χ0n) is 20.5. The molecule has 0 aliphatic heterocycles. The normalized spacial score (nSPS) is 11.5. The number of methoxy groups -OCH3 is 1. The van der Waals surface area contributed by atoms with Gasteiger partial charge in [-0.1, -0.05) is 18.2 Å². The maximum Gasteiger partial charge on any atom is 0.126 e. The van der Waals surface area contributed by atoms with Gasteiger partial charge in [0.15, 0.2) is 0 Å². The van der Waals surface area contributed by atoms with Crippen molar-refractivity contribution in [1.82, 2.24) is 4.98 Å². The molecule has 0 unspecified atom stereocenters. The highest BCUT2D eigenvalue weighted by Gasteiger charge is 2.16. The number of nitrogens with zero attached hydrogens (tertiary/aromatic N) is 3. The van der Waals surface area contributed by atoms with Crippen LogP contribution in [0.3, 0.4) is 0 Å². The van der Waals surface area contributed by atoms with Crippen LogP contribution in [-0.4, -0.2) is 31.6 Å². The van der Waals surface area contributed by atoms with Crippen molar-refractivity contribution in [3.63, 3.8) is 0 Å². The Morgan fingerprint density at radius 2 is 1.91 bits per heavy atom. The summed E-state index contributed by atoms with van der Waals surface area (Å²) in [7, 11) is 1.68. The van der Waals surface area contributed by atoms with Crippen molar-refractivity contribution in [3.8, 4) is 10.6 Å². The van der Waals surface area contributed by atoms with Gasteiger partial charge in [0.1, 0.15) is 10.8 Å². The van der Waals surface area contributed by atoms with Gasteiger partial charge in [-0.15, -0.1) is 11.3 Å². The van der Waals surface area contributed by atoms with E-state index in [0.717, 1.165) is 74.5 Å². The van der Waals surface area contributed by atoms with Crippen LogP contribution >= 0.6 is 11.3 Å². The van der Waals surface area contributed by atoms with Gasteiger partial charge in [-0.05, 0) is 92.4 Å².